The minimum Gasteiger partial charge on any atom is -0.459 e. The Morgan fingerprint density at radius 1 is 0.675 bits per heavy atom. The lowest BCUT2D eigenvalue weighted by atomic mass is 9.77. The molecule has 0 aromatic heterocycles. The Hall–Kier alpha value is -2.81. The zero-order valence-electron chi connectivity index (χ0n) is 25.3. The van der Waals surface area contributed by atoms with E-state index in [0.29, 0.717) is 0 Å². The fourth-order valence-corrected chi connectivity index (χ4v) is 6.91. The van der Waals surface area contributed by atoms with Crippen molar-refractivity contribution in [2.45, 2.75) is 122 Å². The number of benzene rings is 3. The summed E-state index contributed by atoms with van der Waals surface area (Å²) in [6.07, 6.45) is 21.4. The van der Waals surface area contributed by atoms with Crippen molar-refractivity contribution < 1.29 is 4.74 Å². The van der Waals surface area contributed by atoms with Crippen LogP contribution in [0.3, 0.4) is 0 Å². The molecule has 2 aliphatic heterocycles. The van der Waals surface area contributed by atoms with E-state index in [9.17, 15) is 0 Å². The molecule has 3 aromatic rings. The molecule has 0 saturated heterocycles. The van der Waals surface area contributed by atoms with E-state index in [0.717, 1.165) is 23.4 Å². The maximum absolute atomic E-state index is 7.05. The number of hydrogen-bond acceptors (Lipinski definition) is 3. The lowest BCUT2D eigenvalue weighted by molar-refractivity contribution is 0.0774. The highest BCUT2D eigenvalue weighted by atomic mass is 16.5. The van der Waals surface area contributed by atoms with Gasteiger partial charge in [-0.15, -0.1) is 0 Å². The Labute approximate surface area is 243 Å². The summed E-state index contributed by atoms with van der Waals surface area (Å²) in [5, 5.41) is 2.35. The molecule has 0 radical (unpaired) electrons. The SMILES string of the molecule is CCCCCCCCCCCCCCCCN1c2ccccc2C(C)(C)C12C=Nc1c(ccc3ccccc13)O2. The molecular formula is C37H50N2O. The molecule has 3 heteroatoms. The van der Waals surface area contributed by atoms with Crippen LogP contribution in [-0.4, -0.2) is 18.5 Å². The van der Waals surface area contributed by atoms with Crippen molar-refractivity contribution in [3.05, 3.63) is 66.2 Å². The van der Waals surface area contributed by atoms with Gasteiger partial charge in [-0.2, -0.15) is 0 Å². The molecule has 2 heterocycles. The summed E-state index contributed by atoms with van der Waals surface area (Å²) in [4.78, 5) is 7.62. The highest BCUT2D eigenvalue weighted by molar-refractivity contribution is 5.99. The molecule has 0 fully saturated rings. The lowest BCUT2D eigenvalue weighted by Crippen LogP contribution is -2.62. The number of unbranched alkanes of at least 4 members (excludes halogenated alkanes) is 13. The maximum Gasteiger partial charge on any atom is 0.228 e. The summed E-state index contributed by atoms with van der Waals surface area (Å²) in [5.74, 6) is 0.882. The predicted octanol–water partition coefficient (Wildman–Crippen LogP) is 10.9. The van der Waals surface area contributed by atoms with Gasteiger partial charge in [0, 0.05) is 17.6 Å². The second kappa shape index (κ2) is 13.2. The quantitative estimate of drug-likeness (QED) is 0.180. The van der Waals surface area contributed by atoms with Gasteiger partial charge in [0.15, 0.2) is 0 Å². The van der Waals surface area contributed by atoms with Crippen molar-refractivity contribution in [1.82, 2.24) is 0 Å². The minimum absolute atomic E-state index is 0.230. The molecule has 2 aliphatic rings. The van der Waals surface area contributed by atoms with Gasteiger partial charge in [-0.25, -0.2) is 0 Å². The first-order valence-electron chi connectivity index (χ1n) is 16.2. The van der Waals surface area contributed by atoms with Crippen LogP contribution in [0.5, 0.6) is 5.75 Å². The second-order valence-electron chi connectivity index (χ2n) is 12.6. The van der Waals surface area contributed by atoms with Gasteiger partial charge in [-0.05, 0) is 43.4 Å². The highest BCUT2D eigenvalue weighted by Crippen LogP contribution is 2.54. The van der Waals surface area contributed by atoms with Crippen LogP contribution < -0.4 is 9.64 Å². The monoisotopic (exact) mass is 538 g/mol. The first kappa shape index (κ1) is 28.7. The van der Waals surface area contributed by atoms with E-state index in [1.165, 1.54) is 107 Å². The third-order valence-corrected chi connectivity index (χ3v) is 9.40. The Balaban J connectivity index is 1.16. The van der Waals surface area contributed by atoms with Gasteiger partial charge < -0.3 is 9.64 Å². The summed E-state index contributed by atoms with van der Waals surface area (Å²) in [6, 6.07) is 21.6. The standard InChI is InChI=1S/C37H50N2O/c1-4-5-6-7-8-9-10-11-12-13-14-15-16-21-28-39-33-25-20-19-24-32(33)36(2,3)37(39)29-38-35-31-23-18-17-22-30(31)26-27-34(35)40-37/h17-20,22-27,29H,4-16,21,28H2,1-3H3. The van der Waals surface area contributed by atoms with Crippen molar-refractivity contribution in [1.29, 1.82) is 0 Å². The Kier molecular flexibility index (Phi) is 9.50. The zero-order chi connectivity index (χ0) is 27.8. The molecule has 1 unspecified atom stereocenters. The number of aliphatic imine (C=N–C) groups is 1. The van der Waals surface area contributed by atoms with E-state index in [-0.39, 0.29) is 5.41 Å². The summed E-state index contributed by atoms with van der Waals surface area (Å²) < 4.78 is 7.05. The number of anilines is 1. The summed E-state index contributed by atoms with van der Waals surface area (Å²) in [5.41, 5.74) is 2.73. The molecule has 1 atom stereocenters. The molecule has 0 N–H and O–H groups in total. The van der Waals surface area contributed by atoms with E-state index in [1.807, 2.05) is 0 Å². The molecule has 40 heavy (non-hydrogen) atoms. The van der Waals surface area contributed by atoms with Crippen LogP contribution in [0.1, 0.15) is 116 Å². The van der Waals surface area contributed by atoms with Gasteiger partial charge in [0.05, 0.1) is 11.6 Å². The second-order valence-corrected chi connectivity index (χ2v) is 12.6. The maximum atomic E-state index is 7.05. The van der Waals surface area contributed by atoms with E-state index in [4.69, 9.17) is 9.73 Å². The molecule has 0 aliphatic carbocycles. The number of fused-ring (bicyclic) bond motifs is 4. The fourth-order valence-electron chi connectivity index (χ4n) is 6.91. The molecule has 214 valence electrons. The number of hydrogen-bond donors (Lipinski definition) is 0. The normalized spacial score (nSPS) is 18.7. The van der Waals surface area contributed by atoms with E-state index >= 15 is 0 Å². The average molecular weight is 539 g/mol. The van der Waals surface area contributed by atoms with Gasteiger partial charge in [0.25, 0.3) is 0 Å². The third kappa shape index (κ3) is 5.80. The topological polar surface area (TPSA) is 24.8 Å². The summed E-state index contributed by atoms with van der Waals surface area (Å²) >= 11 is 0. The Bertz CT molecular complexity index is 1280. The molecule has 5 rings (SSSR count). The molecule has 1 spiro atoms. The lowest BCUT2D eigenvalue weighted by Gasteiger charge is -2.46. The number of ether oxygens (including phenoxy) is 1. The number of para-hydroxylation sites is 1. The minimum atomic E-state index is -0.622. The van der Waals surface area contributed by atoms with Crippen molar-refractivity contribution >= 4 is 28.4 Å². The van der Waals surface area contributed by atoms with E-state index in [1.54, 1.807) is 0 Å². The molecule has 3 aromatic carbocycles. The fraction of sp³-hybridized carbons (Fsp3) is 0.541. The van der Waals surface area contributed by atoms with Crippen LogP contribution in [-0.2, 0) is 5.41 Å². The molecule has 3 nitrogen and oxygen atoms in total. The van der Waals surface area contributed by atoms with Crippen LogP contribution in [0, 0.1) is 0 Å². The van der Waals surface area contributed by atoms with Crippen LogP contribution in [0.2, 0.25) is 0 Å². The van der Waals surface area contributed by atoms with Crippen molar-refractivity contribution in [3.8, 4) is 5.75 Å². The van der Waals surface area contributed by atoms with Gasteiger partial charge >= 0.3 is 0 Å². The molecule has 0 amide bonds. The van der Waals surface area contributed by atoms with Crippen molar-refractivity contribution in [3.63, 3.8) is 0 Å². The zero-order valence-corrected chi connectivity index (χ0v) is 25.3. The Morgan fingerprint density at radius 2 is 1.27 bits per heavy atom. The number of nitrogens with zero attached hydrogens (tertiary/aromatic N) is 2. The predicted molar refractivity (Wildman–Crippen MR) is 173 cm³/mol. The Morgan fingerprint density at radius 3 is 1.98 bits per heavy atom. The summed E-state index contributed by atoms with van der Waals surface area (Å²) in [6.45, 7) is 7.90. The molecule has 0 bridgehead atoms. The van der Waals surface area contributed by atoms with Gasteiger partial charge in [-0.1, -0.05) is 139 Å². The van der Waals surface area contributed by atoms with Gasteiger partial charge in [0.2, 0.25) is 5.72 Å². The van der Waals surface area contributed by atoms with Crippen molar-refractivity contribution in [2.75, 3.05) is 11.4 Å². The third-order valence-electron chi connectivity index (χ3n) is 9.40. The van der Waals surface area contributed by atoms with E-state index < -0.39 is 5.72 Å². The molecular weight excluding hydrogens is 488 g/mol. The van der Waals surface area contributed by atoms with Crippen LogP contribution in [0.25, 0.3) is 10.8 Å². The first-order valence-corrected chi connectivity index (χ1v) is 16.2. The first-order chi connectivity index (χ1) is 19.6. The largest absolute Gasteiger partial charge is 0.459 e. The summed E-state index contributed by atoms with van der Waals surface area (Å²) in [7, 11) is 0. The van der Waals surface area contributed by atoms with Crippen molar-refractivity contribution in [2.24, 2.45) is 4.99 Å². The smallest absolute Gasteiger partial charge is 0.228 e. The van der Waals surface area contributed by atoms with Crippen LogP contribution in [0.4, 0.5) is 11.4 Å². The average Bonchev–Trinajstić information content (AvgIpc) is 3.15. The molecule has 0 saturated carbocycles. The van der Waals surface area contributed by atoms with Gasteiger partial charge in [0.1, 0.15) is 11.4 Å². The highest BCUT2D eigenvalue weighted by Gasteiger charge is 2.59. The van der Waals surface area contributed by atoms with Gasteiger partial charge in [-0.3, -0.25) is 4.99 Å². The van der Waals surface area contributed by atoms with Crippen LogP contribution >= 0.6 is 0 Å². The van der Waals surface area contributed by atoms with E-state index in [2.05, 4.69) is 92.5 Å². The number of rotatable bonds is 15. The van der Waals surface area contributed by atoms with Crippen LogP contribution in [0.15, 0.2) is 65.7 Å².